The van der Waals surface area contributed by atoms with Crippen LogP contribution < -0.4 is 5.73 Å². The van der Waals surface area contributed by atoms with Crippen LogP contribution in [0.1, 0.15) is 11.7 Å². The number of hydrogen-bond acceptors (Lipinski definition) is 3. The first-order valence-corrected chi connectivity index (χ1v) is 5.67. The number of aromatic nitrogens is 2. The van der Waals surface area contributed by atoms with Crippen LogP contribution in [0.25, 0.3) is 5.69 Å². The summed E-state index contributed by atoms with van der Waals surface area (Å²) in [5, 5.41) is 9.61. The van der Waals surface area contributed by atoms with E-state index in [9.17, 15) is 5.11 Å². The maximum absolute atomic E-state index is 9.61. The average Bonchev–Trinajstić information content (AvgIpc) is 2.81. The molecule has 0 saturated carbocycles. The Kier molecular flexibility index (Phi) is 3.38. The van der Waals surface area contributed by atoms with E-state index in [1.807, 2.05) is 29.0 Å². The molecule has 5 heteroatoms. The summed E-state index contributed by atoms with van der Waals surface area (Å²) in [6.07, 6.45) is 4.68. The van der Waals surface area contributed by atoms with Gasteiger partial charge in [-0.1, -0.05) is 6.07 Å². The van der Waals surface area contributed by atoms with Gasteiger partial charge in [0.05, 0.1) is 18.1 Å². The fourth-order valence-electron chi connectivity index (χ4n) is 1.48. The predicted octanol–water partition coefficient (Wildman–Crippen LogP) is 1.63. The molecule has 0 bridgehead atoms. The lowest BCUT2D eigenvalue weighted by atomic mass is 10.1. The van der Waals surface area contributed by atoms with Gasteiger partial charge in [0, 0.05) is 23.4 Å². The number of nitrogens with two attached hydrogens (primary N) is 1. The van der Waals surface area contributed by atoms with Crippen molar-refractivity contribution in [3.63, 3.8) is 0 Å². The Bertz CT molecular complexity index is 470. The molecule has 1 unspecified atom stereocenters. The number of imidazole rings is 1. The standard InChI is InChI=1S/C11H12BrN3O/c12-9-5-8(11(16)6-13)1-2-10(9)15-4-3-14-7-15/h1-5,7,11,16H,6,13H2. The van der Waals surface area contributed by atoms with Crippen LogP contribution in [0.2, 0.25) is 0 Å². The number of rotatable bonds is 3. The summed E-state index contributed by atoms with van der Waals surface area (Å²) in [7, 11) is 0. The molecule has 0 fully saturated rings. The molecular weight excluding hydrogens is 270 g/mol. The van der Waals surface area contributed by atoms with E-state index in [-0.39, 0.29) is 6.54 Å². The SMILES string of the molecule is NCC(O)c1ccc(-n2ccnc2)c(Br)c1. The highest BCUT2D eigenvalue weighted by atomic mass is 79.9. The van der Waals surface area contributed by atoms with Gasteiger partial charge >= 0.3 is 0 Å². The van der Waals surface area contributed by atoms with Crippen molar-refractivity contribution in [2.45, 2.75) is 6.10 Å². The molecule has 0 aliphatic heterocycles. The first-order chi connectivity index (χ1) is 7.72. The van der Waals surface area contributed by atoms with Gasteiger partial charge in [-0.3, -0.25) is 0 Å². The second kappa shape index (κ2) is 4.78. The quantitative estimate of drug-likeness (QED) is 0.899. The van der Waals surface area contributed by atoms with Crippen LogP contribution in [0, 0.1) is 0 Å². The van der Waals surface area contributed by atoms with Crippen molar-refractivity contribution in [2.24, 2.45) is 5.73 Å². The van der Waals surface area contributed by atoms with Crippen molar-refractivity contribution in [1.82, 2.24) is 9.55 Å². The third-order valence-electron chi connectivity index (χ3n) is 2.36. The van der Waals surface area contributed by atoms with Crippen molar-refractivity contribution >= 4 is 15.9 Å². The Morgan fingerprint density at radius 3 is 2.88 bits per heavy atom. The van der Waals surface area contributed by atoms with Gasteiger partial charge in [-0.15, -0.1) is 0 Å². The number of aliphatic hydroxyl groups is 1. The molecule has 84 valence electrons. The number of halogens is 1. The van der Waals surface area contributed by atoms with Gasteiger partial charge in [0.15, 0.2) is 0 Å². The molecule has 0 aliphatic rings. The molecule has 4 nitrogen and oxygen atoms in total. The maximum atomic E-state index is 9.61. The molecule has 0 spiro atoms. The molecule has 0 aliphatic carbocycles. The molecule has 2 rings (SSSR count). The zero-order valence-electron chi connectivity index (χ0n) is 8.55. The van der Waals surface area contributed by atoms with E-state index in [1.165, 1.54) is 0 Å². The van der Waals surface area contributed by atoms with Crippen molar-refractivity contribution in [3.8, 4) is 5.69 Å². The monoisotopic (exact) mass is 281 g/mol. The van der Waals surface area contributed by atoms with Gasteiger partial charge in [-0.25, -0.2) is 4.98 Å². The third kappa shape index (κ3) is 2.16. The normalized spacial score (nSPS) is 12.7. The summed E-state index contributed by atoms with van der Waals surface area (Å²) in [6.45, 7) is 0.219. The van der Waals surface area contributed by atoms with Crippen molar-refractivity contribution in [1.29, 1.82) is 0 Å². The summed E-state index contributed by atoms with van der Waals surface area (Å²) in [5.41, 5.74) is 7.19. The fraction of sp³-hybridized carbons (Fsp3) is 0.182. The fourth-order valence-corrected chi connectivity index (χ4v) is 2.08. The predicted molar refractivity (Wildman–Crippen MR) is 65.3 cm³/mol. The lowest BCUT2D eigenvalue weighted by Crippen LogP contribution is -2.11. The van der Waals surface area contributed by atoms with Gasteiger partial charge in [-0.05, 0) is 33.6 Å². The number of hydrogen-bond donors (Lipinski definition) is 2. The molecule has 0 saturated heterocycles. The smallest absolute Gasteiger partial charge is 0.0992 e. The Morgan fingerprint density at radius 2 is 2.31 bits per heavy atom. The van der Waals surface area contributed by atoms with Crippen LogP contribution in [0.3, 0.4) is 0 Å². The van der Waals surface area contributed by atoms with E-state index in [0.29, 0.717) is 0 Å². The van der Waals surface area contributed by atoms with E-state index < -0.39 is 6.10 Å². The molecule has 1 atom stereocenters. The lowest BCUT2D eigenvalue weighted by Gasteiger charge is -2.11. The Balaban J connectivity index is 2.37. The van der Waals surface area contributed by atoms with Crippen molar-refractivity contribution < 1.29 is 5.11 Å². The highest BCUT2D eigenvalue weighted by molar-refractivity contribution is 9.10. The summed E-state index contributed by atoms with van der Waals surface area (Å²) >= 11 is 3.47. The number of nitrogens with zero attached hydrogens (tertiary/aromatic N) is 2. The van der Waals surface area contributed by atoms with E-state index in [2.05, 4.69) is 20.9 Å². The second-order valence-corrected chi connectivity index (χ2v) is 4.29. The minimum atomic E-state index is -0.617. The summed E-state index contributed by atoms with van der Waals surface area (Å²) in [5.74, 6) is 0. The minimum absolute atomic E-state index is 0.219. The van der Waals surface area contributed by atoms with Gasteiger partial charge in [0.1, 0.15) is 0 Å². The van der Waals surface area contributed by atoms with Crippen LogP contribution in [-0.2, 0) is 0 Å². The van der Waals surface area contributed by atoms with Crippen molar-refractivity contribution in [3.05, 3.63) is 47.0 Å². The Morgan fingerprint density at radius 1 is 1.50 bits per heavy atom. The highest BCUT2D eigenvalue weighted by Crippen LogP contribution is 2.24. The molecule has 1 heterocycles. The molecule has 0 amide bonds. The van der Waals surface area contributed by atoms with Gasteiger partial charge in [0.25, 0.3) is 0 Å². The van der Waals surface area contributed by atoms with E-state index in [4.69, 9.17) is 5.73 Å². The number of aliphatic hydroxyl groups excluding tert-OH is 1. The molecule has 3 N–H and O–H groups in total. The zero-order chi connectivity index (χ0) is 11.5. The van der Waals surface area contributed by atoms with Crippen LogP contribution in [-0.4, -0.2) is 21.2 Å². The number of benzene rings is 1. The molecular formula is C11H12BrN3O. The zero-order valence-corrected chi connectivity index (χ0v) is 10.1. The molecule has 0 radical (unpaired) electrons. The highest BCUT2D eigenvalue weighted by Gasteiger charge is 2.08. The average molecular weight is 282 g/mol. The topological polar surface area (TPSA) is 64.1 Å². The third-order valence-corrected chi connectivity index (χ3v) is 3.00. The van der Waals surface area contributed by atoms with Gasteiger partial charge in [-0.2, -0.15) is 0 Å². The second-order valence-electron chi connectivity index (χ2n) is 3.43. The van der Waals surface area contributed by atoms with E-state index in [1.54, 1.807) is 12.5 Å². The maximum Gasteiger partial charge on any atom is 0.0992 e. The van der Waals surface area contributed by atoms with Gasteiger partial charge < -0.3 is 15.4 Å². The first-order valence-electron chi connectivity index (χ1n) is 4.88. The van der Waals surface area contributed by atoms with Crippen LogP contribution in [0.4, 0.5) is 0 Å². The lowest BCUT2D eigenvalue weighted by molar-refractivity contribution is 0.186. The first kappa shape index (κ1) is 11.3. The summed E-state index contributed by atoms with van der Waals surface area (Å²) in [4.78, 5) is 3.99. The van der Waals surface area contributed by atoms with Crippen LogP contribution in [0.15, 0.2) is 41.4 Å². The minimum Gasteiger partial charge on any atom is -0.387 e. The van der Waals surface area contributed by atoms with Crippen LogP contribution in [0.5, 0.6) is 0 Å². The molecule has 2 aromatic rings. The molecule has 16 heavy (non-hydrogen) atoms. The molecule has 1 aromatic heterocycles. The van der Waals surface area contributed by atoms with Gasteiger partial charge in [0.2, 0.25) is 0 Å². The van der Waals surface area contributed by atoms with E-state index in [0.717, 1.165) is 15.7 Å². The Hall–Kier alpha value is -1.17. The summed E-state index contributed by atoms with van der Waals surface area (Å²) < 4.78 is 2.79. The molecule has 1 aromatic carbocycles. The van der Waals surface area contributed by atoms with E-state index >= 15 is 0 Å². The van der Waals surface area contributed by atoms with Crippen molar-refractivity contribution in [2.75, 3.05) is 6.54 Å². The largest absolute Gasteiger partial charge is 0.387 e. The summed E-state index contributed by atoms with van der Waals surface area (Å²) in [6, 6.07) is 5.64. The Labute approximate surface area is 102 Å². The van der Waals surface area contributed by atoms with Crippen LogP contribution >= 0.6 is 15.9 Å².